The normalized spacial score (nSPS) is 15.0. The van der Waals surface area contributed by atoms with Crippen LogP contribution in [0.5, 0.6) is 0 Å². The fraction of sp³-hybridized carbons (Fsp3) is 0.370. The van der Waals surface area contributed by atoms with E-state index in [0.717, 1.165) is 79.0 Å². The monoisotopic (exact) mass is 428 g/mol. The molecular formula is C27H32N4O. The number of fused-ring (bicyclic) bond motifs is 3. The Labute approximate surface area is 189 Å². The second-order valence-corrected chi connectivity index (χ2v) is 8.85. The average molecular weight is 429 g/mol. The Kier molecular flexibility index (Phi) is 6.10. The molecule has 0 radical (unpaired) electrons. The van der Waals surface area contributed by atoms with Crippen molar-refractivity contribution in [2.45, 2.75) is 39.2 Å². The van der Waals surface area contributed by atoms with Gasteiger partial charge in [-0.15, -0.1) is 0 Å². The van der Waals surface area contributed by atoms with E-state index in [9.17, 15) is 0 Å². The minimum atomic E-state index is 0.811. The summed E-state index contributed by atoms with van der Waals surface area (Å²) < 4.78 is 5.45. The Hall–Kier alpha value is -2.89. The number of nitrogens with two attached hydrogens (primary N) is 1. The van der Waals surface area contributed by atoms with Crippen molar-refractivity contribution < 1.29 is 4.74 Å². The number of unbranched alkanes of at least 4 members (excludes halogenated alkanes) is 2. The Morgan fingerprint density at radius 1 is 1.00 bits per heavy atom. The predicted octanol–water partition coefficient (Wildman–Crippen LogP) is 5.53. The number of nitrogens with zero attached hydrogens (tertiary/aromatic N) is 2. The van der Waals surface area contributed by atoms with E-state index in [-0.39, 0.29) is 0 Å². The van der Waals surface area contributed by atoms with Crippen molar-refractivity contribution in [2.75, 3.05) is 32.0 Å². The zero-order chi connectivity index (χ0) is 21.9. The zero-order valence-electron chi connectivity index (χ0n) is 18.9. The van der Waals surface area contributed by atoms with Gasteiger partial charge in [0, 0.05) is 47.3 Å². The van der Waals surface area contributed by atoms with Crippen LogP contribution in [0, 0.1) is 0 Å². The lowest BCUT2D eigenvalue weighted by Crippen LogP contribution is -2.35. The lowest BCUT2D eigenvalue weighted by Gasteiger charge is -2.26. The van der Waals surface area contributed by atoms with Crippen LogP contribution in [0.4, 0.5) is 5.69 Å². The first kappa shape index (κ1) is 21.0. The molecule has 2 aromatic heterocycles. The maximum atomic E-state index is 6.50. The van der Waals surface area contributed by atoms with E-state index in [1.54, 1.807) is 0 Å². The summed E-state index contributed by atoms with van der Waals surface area (Å²) in [6.45, 7) is 6.89. The van der Waals surface area contributed by atoms with E-state index >= 15 is 0 Å². The van der Waals surface area contributed by atoms with Crippen LogP contribution in [0.3, 0.4) is 0 Å². The maximum Gasteiger partial charge on any atom is 0.140 e. The molecule has 3 N–H and O–H groups in total. The smallest absolute Gasteiger partial charge is 0.140 e. The van der Waals surface area contributed by atoms with Gasteiger partial charge < -0.3 is 15.5 Å². The van der Waals surface area contributed by atoms with E-state index in [0.29, 0.717) is 0 Å². The molecule has 5 nitrogen and oxygen atoms in total. The van der Waals surface area contributed by atoms with Gasteiger partial charge in [0.25, 0.3) is 0 Å². The van der Waals surface area contributed by atoms with Crippen molar-refractivity contribution in [3.63, 3.8) is 0 Å². The largest absolute Gasteiger partial charge is 0.398 e. The van der Waals surface area contributed by atoms with E-state index < -0.39 is 0 Å². The van der Waals surface area contributed by atoms with Gasteiger partial charge in [-0.05, 0) is 47.7 Å². The molecule has 0 amide bonds. The number of morpholine rings is 1. The van der Waals surface area contributed by atoms with Crippen LogP contribution >= 0.6 is 0 Å². The zero-order valence-corrected chi connectivity index (χ0v) is 18.9. The maximum absolute atomic E-state index is 6.50. The molecule has 2 aromatic carbocycles. The highest BCUT2D eigenvalue weighted by molar-refractivity contribution is 6.12. The van der Waals surface area contributed by atoms with Gasteiger partial charge in [0.2, 0.25) is 0 Å². The molecular weight excluding hydrogens is 396 g/mol. The number of aromatic amines is 1. The molecule has 0 bridgehead atoms. The van der Waals surface area contributed by atoms with Gasteiger partial charge in [-0.25, -0.2) is 4.98 Å². The van der Waals surface area contributed by atoms with Gasteiger partial charge in [-0.2, -0.15) is 0 Å². The Morgan fingerprint density at radius 3 is 2.56 bits per heavy atom. The molecule has 0 atom stereocenters. The van der Waals surface area contributed by atoms with Crippen molar-refractivity contribution in [1.82, 2.24) is 14.9 Å². The standard InChI is InChI=1S/C27H32N4O/c1-2-3-4-5-22-17-24(28)26-23-16-21(10-11-25(23)30-27(26)29-22)20-8-6-19(7-9-20)18-31-12-14-32-15-13-31/h6-11,16-17H,2-5,12-15,18H2,1H3,(H3,28,29,30). The summed E-state index contributed by atoms with van der Waals surface area (Å²) in [5.41, 5.74) is 14.1. The number of hydrogen-bond donors (Lipinski definition) is 2. The van der Waals surface area contributed by atoms with Crippen LogP contribution in [0.15, 0.2) is 48.5 Å². The molecule has 1 aliphatic heterocycles. The molecule has 1 saturated heterocycles. The lowest BCUT2D eigenvalue weighted by molar-refractivity contribution is 0.0342. The number of aromatic nitrogens is 2. The van der Waals surface area contributed by atoms with Crippen molar-refractivity contribution >= 4 is 27.6 Å². The first-order chi connectivity index (χ1) is 15.7. The topological polar surface area (TPSA) is 67.2 Å². The molecule has 5 heteroatoms. The van der Waals surface area contributed by atoms with E-state index in [4.69, 9.17) is 15.5 Å². The molecule has 5 rings (SSSR count). The van der Waals surface area contributed by atoms with E-state index in [1.165, 1.54) is 29.5 Å². The molecule has 1 fully saturated rings. The number of nitrogens with one attached hydrogen (secondary N) is 1. The molecule has 0 spiro atoms. The molecule has 3 heterocycles. The predicted molar refractivity (Wildman–Crippen MR) is 133 cm³/mol. The summed E-state index contributed by atoms with van der Waals surface area (Å²) in [6, 6.07) is 17.5. The number of anilines is 1. The van der Waals surface area contributed by atoms with Crippen molar-refractivity contribution in [3.05, 3.63) is 59.8 Å². The number of ether oxygens (including phenoxy) is 1. The summed E-state index contributed by atoms with van der Waals surface area (Å²) in [6.07, 6.45) is 4.56. The van der Waals surface area contributed by atoms with Crippen LogP contribution in [-0.4, -0.2) is 41.2 Å². The van der Waals surface area contributed by atoms with Crippen LogP contribution in [-0.2, 0) is 17.7 Å². The average Bonchev–Trinajstić information content (AvgIpc) is 3.18. The molecule has 0 aliphatic carbocycles. The number of hydrogen-bond acceptors (Lipinski definition) is 4. The SMILES string of the molecule is CCCCCc1cc(N)c2c(n1)[nH]c1ccc(-c3ccc(CN4CCOCC4)cc3)cc12. The van der Waals surface area contributed by atoms with Gasteiger partial charge in [0.05, 0.1) is 13.2 Å². The summed E-state index contributed by atoms with van der Waals surface area (Å²) in [4.78, 5) is 10.8. The van der Waals surface area contributed by atoms with Crippen molar-refractivity contribution in [1.29, 1.82) is 0 Å². The third-order valence-electron chi connectivity index (χ3n) is 6.48. The highest BCUT2D eigenvalue weighted by Gasteiger charge is 2.13. The Bertz CT molecular complexity index is 1210. The lowest BCUT2D eigenvalue weighted by atomic mass is 10.0. The highest BCUT2D eigenvalue weighted by Crippen LogP contribution is 2.33. The summed E-state index contributed by atoms with van der Waals surface area (Å²) in [5.74, 6) is 0. The third kappa shape index (κ3) is 4.36. The fourth-order valence-corrected chi connectivity index (χ4v) is 4.67. The Morgan fingerprint density at radius 2 is 1.78 bits per heavy atom. The van der Waals surface area contributed by atoms with Gasteiger partial charge >= 0.3 is 0 Å². The number of rotatable bonds is 7. The first-order valence-corrected chi connectivity index (χ1v) is 11.8. The molecule has 166 valence electrons. The van der Waals surface area contributed by atoms with E-state index in [1.807, 2.05) is 0 Å². The highest BCUT2D eigenvalue weighted by atomic mass is 16.5. The summed E-state index contributed by atoms with van der Waals surface area (Å²) >= 11 is 0. The minimum Gasteiger partial charge on any atom is -0.398 e. The molecule has 0 saturated carbocycles. The van der Waals surface area contributed by atoms with Gasteiger partial charge in [-0.3, -0.25) is 4.90 Å². The second-order valence-electron chi connectivity index (χ2n) is 8.85. The van der Waals surface area contributed by atoms with Gasteiger partial charge in [0.15, 0.2) is 0 Å². The van der Waals surface area contributed by atoms with Gasteiger partial charge in [0.1, 0.15) is 5.65 Å². The number of pyridine rings is 1. The fourth-order valence-electron chi connectivity index (χ4n) is 4.67. The molecule has 0 unspecified atom stereocenters. The minimum absolute atomic E-state index is 0.811. The number of benzene rings is 2. The first-order valence-electron chi connectivity index (χ1n) is 11.8. The number of H-pyrrole nitrogens is 1. The second kappa shape index (κ2) is 9.31. The quantitative estimate of drug-likeness (QED) is 0.380. The van der Waals surface area contributed by atoms with Crippen LogP contribution in [0.25, 0.3) is 33.1 Å². The molecule has 32 heavy (non-hydrogen) atoms. The van der Waals surface area contributed by atoms with Crippen LogP contribution in [0.2, 0.25) is 0 Å². The van der Waals surface area contributed by atoms with E-state index in [2.05, 4.69) is 65.3 Å². The van der Waals surface area contributed by atoms with Crippen molar-refractivity contribution in [3.8, 4) is 11.1 Å². The van der Waals surface area contributed by atoms with Gasteiger partial charge in [-0.1, -0.05) is 50.1 Å². The molecule has 4 aromatic rings. The Balaban J connectivity index is 1.41. The number of nitrogen functional groups attached to an aromatic ring is 1. The van der Waals surface area contributed by atoms with Crippen LogP contribution in [0.1, 0.15) is 37.4 Å². The summed E-state index contributed by atoms with van der Waals surface area (Å²) in [5, 5.41) is 2.17. The van der Waals surface area contributed by atoms with Crippen LogP contribution < -0.4 is 5.73 Å². The number of aryl methyl sites for hydroxylation is 1. The molecule has 1 aliphatic rings. The van der Waals surface area contributed by atoms with Crippen molar-refractivity contribution in [2.24, 2.45) is 0 Å². The third-order valence-corrected chi connectivity index (χ3v) is 6.48. The summed E-state index contributed by atoms with van der Waals surface area (Å²) in [7, 11) is 0.